The molecule has 11 heavy (non-hydrogen) atoms. The summed E-state index contributed by atoms with van der Waals surface area (Å²) in [6.07, 6.45) is 1.74. The number of carboxylic acids is 1. The lowest BCUT2D eigenvalue weighted by atomic mass is 10.1. The van der Waals surface area contributed by atoms with Crippen LogP contribution >= 0.6 is 0 Å². The number of rotatable bonds is 2. The monoisotopic (exact) mass is 158 g/mol. The third-order valence-electron chi connectivity index (χ3n) is 2.46. The summed E-state index contributed by atoms with van der Waals surface area (Å²) in [5.74, 6) is -1.38. The first kappa shape index (κ1) is 8.24. The Balaban J connectivity index is 2.68. The van der Waals surface area contributed by atoms with Crippen molar-refractivity contribution in [1.82, 2.24) is 0 Å². The van der Waals surface area contributed by atoms with Gasteiger partial charge in [-0.1, -0.05) is 19.9 Å². The number of allylic oxidation sites excluding steroid dienone is 1. The second kappa shape index (κ2) is 2.32. The smallest absolute Gasteiger partial charge is 0.307 e. The fraction of sp³-hybridized carbons (Fsp3) is 0.625. The zero-order chi connectivity index (χ0) is 8.65. The molecule has 0 aliphatic heterocycles. The second-order valence-electron chi connectivity index (χ2n) is 3.48. The molecule has 3 heteroatoms. The van der Waals surface area contributed by atoms with E-state index in [0.29, 0.717) is 6.33 Å². The van der Waals surface area contributed by atoms with Crippen molar-refractivity contribution in [1.29, 1.82) is 0 Å². The van der Waals surface area contributed by atoms with Crippen LogP contribution in [0.5, 0.6) is 0 Å². The average Bonchev–Trinajstić information content (AvgIpc) is 2.35. The highest BCUT2D eigenvalue weighted by molar-refractivity contribution is 5.76. The van der Waals surface area contributed by atoms with Crippen LogP contribution in [0.25, 0.3) is 0 Å². The summed E-state index contributed by atoms with van der Waals surface area (Å²) >= 11 is 0. The number of carbonyl (C=O) groups is 1. The Labute approximate surface area is 64.7 Å². The van der Waals surface area contributed by atoms with E-state index in [2.05, 4.69) is 0 Å². The highest BCUT2D eigenvalue weighted by Gasteiger charge is 2.60. The number of halogens is 1. The molecule has 0 aromatic rings. The summed E-state index contributed by atoms with van der Waals surface area (Å²) in [4.78, 5) is 10.5. The van der Waals surface area contributed by atoms with Gasteiger partial charge in [0.05, 0.1) is 12.2 Å². The summed E-state index contributed by atoms with van der Waals surface area (Å²) in [5, 5.41) is 8.63. The van der Waals surface area contributed by atoms with Crippen molar-refractivity contribution in [3.05, 3.63) is 12.4 Å². The fourth-order valence-electron chi connectivity index (χ4n) is 1.59. The van der Waals surface area contributed by atoms with Gasteiger partial charge < -0.3 is 5.11 Å². The molecule has 1 saturated carbocycles. The number of hydrogen-bond acceptors (Lipinski definition) is 1. The molecule has 0 spiro atoms. The Morgan fingerprint density at radius 3 is 2.45 bits per heavy atom. The van der Waals surface area contributed by atoms with Gasteiger partial charge in [0.1, 0.15) is 0 Å². The summed E-state index contributed by atoms with van der Waals surface area (Å²) in [5.41, 5.74) is -0.269. The van der Waals surface area contributed by atoms with Gasteiger partial charge in [0.25, 0.3) is 0 Å². The van der Waals surface area contributed by atoms with Crippen molar-refractivity contribution in [2.24, 2.45) is 17.3 Å². The van der Waals surface area contributed by atoms with Crippen molar-refractivity contribution in [3.8, 4) is 0 Å². The molecule has 0 unspecified atom stereocenters. The molecule has 2 nitrogen and oxygen atoms in total. The molecule has 1 rings (SSSR count). The first-order chi connectivity index (χ1) is 5.01. The van der Waals surface area contributed by atoms with Crippen LogP contribution in [0.15, 0.2) is 12.4 Å². The minimum absolute atomic E-state index is 0.134. The Hall–Kier alpha value is -0.860. The van der Waals surface area contributed by atoms with Crippen LogP contribution in [0.4, 0.5) is 4.39 Å². The van der Waals surface area contributed by atoms with Gasteiger partial charge in [0.15, 0.2) is 0 Å². The zero-order valence-electron chi connectivity index (χ0n) is 6.54. The van der Waals surface area contributed by atoms with Crippen LogP contribution < -0.4 is 0 Å². The maximum atomic E-state index is 11.7. The van der Waals surface area contributed by atoms with Gasteiger partial charge in [0.2, 0.25) is 0 Å². The highest BCUT2D eigenvalue weighted by atomic mass is 19.1. The molecule has 1 N–H and O–H groups in total. The highest BCUT2D eigenvalue weighted by Crippen LogP contribution is 2.58. The van der Waals surface area contributed by atoms with E-state index in [1.165, 1.54) is 6.08 Å². The minimum atomic E-state index is -0.835. The van der Waals surface area contributed by atoms with E-state index in [1.54, 1.807) is 0 Å². The predicted octanol–water partition coefficient (Wildman–Crippen LogP) is 1.83. The summed E-state index contributed by atoms with van der Waals surface area (Å²) in [6, 6.07) is 0. The van der Waals surface area contributed by atoms with Crippen LogP contribution in [0.2, 0.25) is 0 Å². The van der Waals surface area contributed by atoms with Gasteiger partial charge in [0, 0.05) is 0 Å². The maximum absolute atomic E-state index is 11.7. The molecular weight excluding hydrogens is 147 g/mol. The predicted molar refractivity (Wildman–Crippen MR) is 38.6 cm³/mol. The lowest BCUT2D eigenvalue weighted by Crippen LogP contribution is -2.02. The van der Waals surface area contributed by atoms with Gasteiger partial charge in [-0.2, -0.15) is 0 Å². The lowest BCUT2D eigenvalue weighted by molar-refractivity contribution is -0.139. The molecule has 1 fully saturated rings. The quantitative estimate of drug-likeness (QED) is 0.665. The summed E-state index contributed by atoms with van der Waals surface area (Å²) in [7, 11) is 0. The van der Waals surface area contributed by atoms with Crippen LogP contribution in [0, 0.1) is 17.3 Å². The summed E-state index contributed by atoms with van der Waals surface area (Å²) < 4.78 is 11.7. The Kier molecular flexibility index (Phi) is 1.74. The molecule has 0 radical (unpaired) electrons. The zero-order valence-corrected chi connectivity index (χ0v) is 6.54. The molecule has 0 bridgehead atoms. The Morgan fingerprint density at radius 2 is 2.18 bits per heavy atom. The van der Waals surface area contributed by atoms with Gasteiger partial charge in [-0.15, -0.1) is 0 Å². The number of hydrogen-bond donors (Lipinski definition) is 1. The molecular formula is C8H11FO2. The molecule has 1 aliphatic rings. The molecule has 0 aromatic carbocycles. The third kappa shape index (κ3) is 1.15. The third-order valence-corrected chi connectivity index (χ3v) is 2.46. The van der Waals surface area contributed by atoms with E-state index < -0.39 is 11.9 Å². The second-order valence-corrected chi connectivity index (χ2v) is 3.48. The molecule has 0 aromatic heterocycles. The maximum Gasteiger partial charge on any atom is 0.307 e. The van der Waals surface area contributed by atoms with Gasteiger partial charge >= 0.3 is 5.97 Å². The van der Waals surface area contributed by atoms with Crippen LogP contribution in [0.3, 0.4) is 0 Å². The van der Waals surface area contributed by atoms with E-state index in [9.17, 15) is 9.18 Å². The van der Waals surface area contributed by atoms with Crippen LogP contribution in [-0.2, 0) is 4.79 Å². The first-order valence-electron chi connectivity index (χ1n) is 3.51. The van der Waals surface area contributed by atoms with E-state index in [0.717, 1.165) is 0 Å². The van der Waals surface area contributed by atoms with Gasteiger partial charge in [-0.25, -0.2) is 4.39 Å². The minimum Gasteiger partial charge on any atom is -0.481 e. The SMILES string of the molecule is CC1(C)[C@@H](C=CF)[C@@H]1C(=O)O. The first-order valence-corrected chi connectivity index (χ1v) is 3.51. The van der Waals surface area contributed by atoms with E-state index in [4.69, 9.17) is 5.11 Å². The van der Waals surface area contributed by atoms with Crippen molar-refractivity contribution >= 4 is 5.97 Å². The summed E-state index contributed by atoms with van der Waals surface area (Å²) in [6.45, 7) is 3.66. The van der Waals surface area contributed by atoms with Crippen molar-refractivity contribution in [2.75, 3.05) is 0 Å². The van der Waals surface area contributed by atoms with Crippen molar-refractivity contribution in [2.45, 2.75) is 13.8 Å². The van der Waals surface area contributed by atoms with Crippen molar-refractivity contribution < 1.29 is 14.3 Å². The molecule has 1 aliphatic carbocycles. The number of carboxylic acid groups (broad SMARTS) is 1. The van der Waals surface area contributed by atoms with Crippen LogP contribution in [-0.4, -0.2) is 11.1 Å². The normalized spacial score (nSPS) is 34.1. The standard InChI is InChI=1S/C8H11FO2/c1-8(2)5(3-4-9)6(8)7(10)11/h3-6H,1-2H3,(H,10,11)/t5-,6+/m0/s1. The molecule has 0 amide bonds. The van der Waals surface area contributed by atoms with E-state index in [1.807, 2.05) is 13.8 Å². The van der Waals surface area contributed by atoms with Crippen molar-refractivity contribution in [3.63, 3.8) is 0 Å². The lowest BCUT2D eigenvalue weighted by Gasteiger charge is -1.95. The molecule has 0 heterocycles. The fourth-order valence-corrected chi connectivity index (χ4v) is 1.59. The largest absolute Gasteiger partial charge is 0.481 e. The Bertz CT molecular complexity index is 208. The average molecular weight is 158 g/mol. The van der Waals surface area contributed by atoms with E-state index in [-0.39, 0.29) is 11.3 Å². The van der Waals surface area contributed by atoms with Gasteiger partial charge in [-0.3, -0.25) is 4.79 Å². The number of aliphatic carboxylic acids is 1. The van der Waals surface area contributed by atoms with Crippen LogP contribution in [0.1, 0.15) is 13.8 Å². The molecule has 62 valence electrons. The molecule has 0 saturated heterocycles. The molecule has 2 atom stereocenters. The topological polar surface area (TPSA) is 37.3 Å². The van der Waals surface area contributed by atoms with E-state index >= 15 is 0 Å². The van der Waals surface area contributed by atoms with Gasteiger partial charge in [-0.05, 0) is 11.3 Å². The Morgan fingerprint density at radius 1 is 1.64 bits per heavy atom.